The number of nitrogens with one attached hydrogen (secondary N) is 1. The number of hydrogen-bond donors (Lipinski definition) is 1. The Kier molecular flexibility index (Phi) is 6.74. The quantitative estimate of drug-likeness (QED) is 0.368. The van der Waals surface area contributed by atoms with Crippen molar-refractivity contribution in [2.24, 2.45) is 0 Å². The highest BCUT2D eigenvalue weighted by atomic mass is 79.9. The number of nitrogens with zero attached hydrogens (tertiary/aromatic N) is 1. The molecule has 0 aromatic heterocycles. The largest absolute Gasteiger partial charge is 0.493 e. The van der Waals surface area contributed by atoms with Gasteiger partial charge in [-0.2, -0.15) is 0 Å². The van der Waals surface area contributed by atoms with Gasteiger partial charge in [0.1, 0.15) is 18.0 Å². The molecular formula is C25H18BrFN2O5. The number of halogens is 2. The Morgan fingerprint density at radius 1 is 1.00 bits per heavy atom. The summed E-state index contributed by atoms with van der Waals surface area (Å²) in [6.07, 6.45) is 1.34. The van der Waals surface area contributed by atoms with Crippen LogP contribution < -0.4 is 19.7 Å². The van der Waals surface area contributed by atoms with Gasteiger partial charge in [0, 0.05) is 4.47 Å². The fourth-order valence-electron chi connectivity index (χ4n) is 3.31. The minimum Gasteiger partial charge on any atom is -0.493 e. The van der Waals surface area contributed by atoms with E-state index in [4.69, 9.17) is 9.47 Å². The van der Waals surface area contributed by atoms with E-state index in [0.29, 0.717) is 28.1 Å². The highest BCUT2D eigenvalue weighted by molar-refractivity contribution is 9.10. The lowest BCUT2D eigenvalue weighted by atomic mass is 10.1. The lowest BCUT2D eigenvalue weighted by molar-refractivity contribution is -0.122. The van der Waals surface area contributed by atoms with Crippen LogP contribution in [0.1, 0.15) is 11.1 Å². The molecule has 0 saturated carbocycles. The number of urea groups is 1. The van der Waals surface area contributed by atoms with Gasteiger partial charge in [-0.05, 0) is 53.6 Å². The van der Waals surface area contributed by atoms with Gasteiger partial charge in [-0.15, -0.1) is 0 Å². The number of carbonyl (C=O) groups excluding carboxylic acids is 3. The molecule has 0 unspecified atom stereocenters. The smallest absolute Gasteiger partial charge is 0.335 e. The summed E-state index contributed by atoms with van der Waals surface area (Å²) in [5.41, 5.74) is 1.28. The van der Waals surface area contributed by atoms with E-state index in [9.17, 15) is 18.8 Å². The zero-order chi connectivity index (χ0) is 24.2. The molecule has 1 heterocycles. The van der Waals surface area contributed by atoms with Crippen LogP contribution >= 0.6 is 15.9 Å². The monoisotopic (exact) mass is 524 g/mol. The molecule has 1 aliphatic rings. The minimum atomic E-state index is -0.917. The van der Waals surface area contributed by atoms with Crippen LogP contribution in [0.2, 0.25) is 0 Å². The van der Waals surface area contributed by atoms with E-state index in [0.717, 1.165) is 22.6 Å². The van der Waals surface area contributed by atoms with Crippen LogP contribution in [0.5, 0.6) is 11.5 Å². The van der Waals surface area contributed by atoms with E-state index < -0.39 is 23.7 Å². The zero-order valence-electron chi connectivity index (χ0n) is 17.9. The van der Waals surface area contributed by atoms with Gasteiger partial charge in [-0.3, -0.25) is 14.9 Å². The van der Waals surface area contributed by atoms with Crippen molar-refractivity contribution in [3.05, 3.63) is 93.7 Å². The zero-order valence-corrected chi connectivity index (χ0v) is 19.5. The summed E-state index contributed by atoms with van der Waals surface area (Å²) in [5, 5.41) is 2.14. The van der Waals surface area contributed by atoms with Crippen molar-refractivity contribution in [2.75, 3.05) is 12.0 Å². The minimum absolute atomic E-state index is 0.128. The molecule has 0 radical (unpaired) electrons. The molecule has 4 amide bonds. The van der Waals surface area contributed by atoms with Crippen molar-refractivity contribution < 1.29 is 28.2 Å². The number of rotatable bonds is 6. The van der Waals surface area contributed by atoms with Crippen LogP contribution in [0.25, 0.3) is 6.08 Å². The number of barbiturate groups is 1. The number of imide groups is 2. The molecule has 3 aromatic rings. The Balaban J connectivity index is 1.65. The second-order valence-electron chi connectivity index (χ2n) is 7.23. The first-order valence-electron chi connectivity index (χ1n) is 10.1. The Hall–Kier alpha value is -3.98. The third-order valence-electron chi connectivity index (χ3n) is 5.01. The molecule has 0 bridgehead atoms. The summed E-state index contributed by atoms with van der Waals surface area (Å²) in [6.45, 7) is 0.319. The third kappa shape index (κ3) is 4.84. The second-order valence-corrected chi connectivity index (χ2v) is 8.09. The summed E-state index contributed by atoms with van der Waals surface area (Å²) in [4.78, 5) is 38.6. The van der Waals surface area contributed by atoms with E-state index in [2.05, 4.69) is 21.2 Å². The van der Waals surface area contributed by atoms with Crippen LogP contribution in [0.3, 0.4) is 0 Å². The predicted octanol–water partition coefficient (Wildman–Crippen LogP) is 4.84. The van der Waals surface area contributed by atoms with E-state index in [1.165, 1.54) is 25.3 Å². The van der Waals surface area contributed by atoms with Crippen molar-refractivity contribution >= 4 is 45.5 Å². The highest BCUT2D eigenvalue weighted by Gasteiger charge is 2.37. The van der Waals surface area contributed by atoms with E-state index in [1.54, 1.807) is 12.1 Å². The topological polar surface area (TPSA) is 84.9 Å². The van der Waals surface area contributed by atoms with Gasteiger partial charge in [0.2, 0.25) is 0 Å². The standard InChI is InChI=1S/C25H18BrFN2O5/c1-33-21-12-16(20(26)13-22(21)34-14-15-5-3-2-4-6-15)11-19-23(30)28-25(32)29(24(19)31)18-9-7-17(27)8-10-18/h2-13H,14H2,1H3,(H,28,30,32)/b19-11+. The van der Waals surface area contributed by atoms with Crippen LogP contribution in [0.15, 0.2) is 76.8 Å². The molecule has 0 aliphatic carbocycles. The molecule has 34 heavy (non-hydrogen) atoms. The molecule has 4 rings (SSSR count). The summed E-state index contributed by atoms with van der Waals surface area (Å²) >= 11 is 3.44. The lowest BCUT2D eigenvalue weighted by Crippen LogP contribution is -2.54. The average molecular weight is 525 g/mol. The SMILES string of the molecule is COc1cc(/C=C2\C(=O)NC(=O)N(c3ccc(F)cc3)C2=O)c(Br)cc1OCc1ccccc1. The molecule has 9 heteroatoms. The Morgan fingerprint density at radius 3 is 2.38 bits per heavy atom. The number of amides is 4. The van der Waals surface area contributed by atoms with Gasteiger partial charge < -0.3 is 9.47 Å². The summed E-state index contributed by atoms with van der Waals surface area (Å²) < 4.78 is 25.1. The highest BCUT2D eigenvalue weighted by Crippen LogP contribution is 2.35. The van der Waals surface area contributed by atoms with Crippen molar-refractivity contribution in [2.45, 2.75) is 6.61 Å². The maximum Gasteiger partial charge on any atom is 0.335 e. The first-order valence-corrected chi connectivity index (χ1v) is 10.9. The van der Waals surface area contributed by atoms with Crippen LogP contribution in [-0.2, 0) is 16.2 Å². The van der Waals surface area contributed by atoms with Gasteiger partial charge in [0.05, 0.1) is 12.8 Å². The molecule has 0 spiro atoms. The normalized spacial score (nSPS) is 14.9. The van der Waals surface area contributed by atoms with Crippen LogP contribution in [0, 0.1) is 5.82 Å². The van der Waals surface area contributed by atoms with E-state index >= 15 is 0 Å². The van der Waals surface area contributed by atoms with Gasteiger partial charge in [0.15, 0.2) is 11.5 Å². The first-order chi connectivity index (χ1) is 16.4. The summed E-state index contributed by atoms with van der Waals surface area (Å²) in [6, 6.07) is 16.7. The summed E-state index contributed by atoms with van der Waals surface area (Å²) in [7, 11) is 1.48. The summed E-state index contributed by atoms with van der Waals surface area (Å²) in [5.74, 6) is -1.35. The number of ether oxygens (including phenoxy) is 2. The van der Waals surface area contributed by atoms with Crippen LogP contribution in [-0.4, -0.2) is 25.0 Å². The van der Waals surface area contributed by atoms with Crippen molar-refractivity contribution in [3.63, 3.8) is 0 Å². The maximum atomic E-state index is 13.3. The fraction of sp³-hybridized carbons (Fsp3) is 0.0800. The predicted molar refractivity (Wildman–Crippen MR) is 127 cm³/mol. The molecule has 172 valence electrons. The van der Waals surface area contributed by atoms with Crippen molar-refractivity contribution in [3.8, 4) is 11.5 Å². The molecule has 7 nitrogen and oxygen atoms in total. The Bertz CT molecular complexity index is 1290. The molecule has 1 aliphatic heterocycles. The molecule has 3 aromatic carbocycles. The maximum absolute atomic E-state index is 13.3. The number of benzene rings is 3. The second kappa shape index (κ2) is 9.88. The lowest BCUT2D eigenvalue weighted by Gasteiger charge is -2.26. The van der Waals surface area contributed by atoms with Crippen molar-refractivity contribution in [1.29, 1.82) is 0 Å². The van der Waals surface area contributed by atoms with E-state index in [1.807, 2.05) is 30.3 Å². The van der Waals surface area contributed by atoms with Gasteiger partial charge in [-0.25, -0.2) is 14.1 Å². The fourth-order valence-corrected chi connectivity index (χ4v) is 3.74. The number of anilines is 1. The van der Waals surface area contributed by atoms with Gasteiger partial charge >= 0.3 is 6.03 Å². The Morgan fingerprint density at radius 2 is 1.71 bits per heavy atom. The van der Waals surface area contributed by atoms with Crippen LogP contribution in [0.4, 0.5) is 14.9 Å². The average Bonchev–Trinajstić information content (AvgIpc) is 2.83. The molecular weight excluding hydrogens is 507 g/mol. The molecule has 1 fully saturated rings. The van der Waals surface area contributed by atoms with Crippen molar-refractivity contribution in [1.82, 2.24) is 5.32 Å². The first kappa shape index (κ1) is 23.2. The molecule has 1 saturated heterocycles. The van der Waals surface area contributed by atoms with Gasteiger partial charge in [-0.1, -0.05) is 46.3 Å². The van der Waals surface area contributed by atoms with E-state index in [-0.39, 0.29) is 11.3 Å². The Labute approximate surface area is 202 Å². The number of hydrogen-bond acceptors (Lipinski definition) is 5. The number of carbonyl (C=O) groups is 3. The number of methoxy groups -OCH3 is 1. The molecule has 0 atom stereocenters. The molecule has 1 N–H and O–H groups in total. The third-order valence-corrected chi connectivity index (χ3v) is 5.69. The van der Waals surface area contributed by atoms with Gasteiger partial charge in [0.25, 0.3) is 11.8 Å².